The Kier molecular flexibility index (Phi) is 5.20. The number of H-pyrrole nitrogens is 1. The average Bonchev–Trinajstić information content (AvgIpc) is 2.86. The Morgan fingerprint density at radius 3 is 2.80 bits per heavy atom. The van der Waals surface area contributed by atoms with Crippen molar-refractivity contribution < 1.29 is 9.47 Å². The predicted octanol–water partition coefficient (Wildman–Crippen LogP) is 2.13. The van der Waals surface area contributed by atoms with Gasteiger partial charge in [-0.1, -0.05) is 17.4 Å². The highest BCUT2D eigenvalue weighted by molar-refractivity contribution is 7.07. The number of benzene rings is 1. The highest BCUT2D eigenvalue weighted by Crippen LogP contribution is 2.27. The summed E-state index contributed by atoms with van der Waals surface area (Å²) in [5, 5.41) is 5.10. The van der Waals surface area contributed by atoms with Crippen LogP contribution in [0.25, 0.3) is 0 Å². The van der Waals surface area contributed by atoms with E-state index in [4.69, 9.17) is 9.47 Å². The van der Waals surface area contributed by atoms with E-state index in [1.165, 1.54) is 11.3 Å². The molecule has 0 spiro atoms. The first-order valence-electron chi connectivity index (χ1n) is 6.40. The van der Waals surface area contributed by atoms with E-state index in [2.05, 4.69) is 10.3 Å². The molecule has 1 aromatic heterocycles. The van der Waals surface area contributed by atoms with Crippen LogP contribution in [0.1, 0.15) is 18.2 Å². The molecule has 1 aromatic carbocycles. The molecule has 0 radical (unpaired) electrons. The topological polar surface area (TPSA) is 63.3 Å². The summed E-state index contributed by atoms with van der Waals surface area (Å²) in [6, 6.07) is 5.86. The van der Waals surface area contributed by atoms with Crippen molar-refractivity contribution in [3.63, 3.8) is 0 Å². The van der Waals surface area contributed by atoms with Gasteiger partial charge in [-0.25, -0.2) is 0 Å². The van der Waals surface area contributed by atoms with Gasteiger partial charge >= 0.3 is 4.87 Å². The summed E-state index contributed by atoms with van der Waals surface area (Å²) in [6.07, 6.45) is 0. The van der Waals surface area contributed by atoms with E-state index in [-0.39, 0.29) is 4.87 Å². The van der Waals surface area contributed by atoms with Crippen LogP contribution in [0.5, 0.6) is 11.5 Å². The molecule has 0 aliphatic carbocycles. The Morgan fingerprint density at radius 1 is 1.30 bits per heavy atom. The number of methoxy groups -OCH3 is 1. The number of rotatable bonds is 7. The quantitative estimate of drug-likeness (QED) is 0.821. The lowest BCUT2D eigenvalue weighted by Crippen LogP contribution is -2.13. The molecule has 108 valence electrons. The number of nitrogens with one attached hydrogen (secondary N) is 2. The van der Waals surface area contributed by atoms with Crippen LogP contribution in [-0.4, -0.2) is 18.7 Å². The fourth-order valence-electron chi connectivity index (χ4n) is 1.84. The molecule has 5 nitrogen and oxygen atoms in total. The van der Waals surface area contributed by atoms with Gasteiger partial charge in [0.05, 0.1) is 13.7 Å². The highest BCUT2D eigenvalue weighted by Gasteiger charge is 2.05. The van der Waals surface area contributed by atoms with Gasteiger partial charge in [0.2, 0.25) is 0 Å². The van der Waals surface area contributed by atoms with Crippen LogP contribution in [0.3, 0.4) is 0 Å². The van der Waals surface area contributed by atoms with Crippen molar-refractivity contribution in [1.29, 1.82) is 0 Å². The summed E-state index contributed by atoms with van der Waals surface area (Å²) >= 11 is 1.18. The Balaban J connectivity index is 1.94. The molecule has 6 heteroatoms. The van der Waals surface area contributed by atoms with Gasteiger partial charge in [-0.2, -0.15) is 0 Å². The fourth-order valence-corrected chi connectivity index (χ4v) is 2.42. The minimum atomic E-state index is -0.0236. The highest BCUT2D eigenvalue weighted by atomic mass is 32.1. The van der Waals surface area contributed by atoms with E-state index in [9.17, 15) is 4.79 Å². The second-order valence-electron chi connectivity index (χ2n) is 4.20. The molecule has 0 saturated carbocycles. The first-order valence-corrected chi connectivity index (χ1v) is 7.28. The zero-order valence-corrected chi connectivity index (χ0v) is 12.4. The third-order valence-electron chi connectivity index (χ3n) is 2.74. The standard InChI is InChI=1S/C14H18N2O3S/c1-3-19-12-5-4-10(6-13(12)18-2)7-15-8-11-9-20-14(17)16-11/h4-6,9,15H,3,7-8H2,1-2H3,(H,16,17). The maximum Gasteiger partial charge on any atom is 0.304 e. The lowest BCUT2D eigenvalue weighted by molar-refractivity contribution is 0.310. The summed E-state index contributed by atoms with van der Waals surface area (Å²) < 4.78 is 10.8. The van der Waals surface area contributed by atoms with Crippen molar-refractivity contribution in [2.75, 3.05) is 13.7 Å². The van der Waals surface area contributed by atoms with Gasteiger partial charge in [0.25, 0.3) is 0 Å². The molecule has 2 N–H and O–H groups in total. The molecule has 1 heterocycles. The van der Waals surface area contributed by atoms with Crippen LogP contribution in [0.2, 0.25) is 0 Å². The van der Waals surface area contributed by atoms with Crippen LogP contribution < -0.4 is 19.7 Å². The second-order valence-corrected chi connectivity index (χ2v) is 5.04. The van der Waals surface area contributed by atoms with Gasteiger partial charge in [-0.05, 0) is 24.6 Å². The Morgan fingerprint density at radius 2 is 2.15 bits per heavy atom. The number of hydrogen-bond donors (Lipinski definition) is 2. The lowest BCUT2D eigenvalue weighted by Gasteiger charge is -2.11. The SMILES string of the molecule is CCOc1ccc(CNCc2csc(=O)[nH]2)cc1OC. The van der Waals surface area contributed by atoms with E-state index >= 15 is 0 Å². The third kappa shape index (κ3) is 3.85. The summed E-state index contributed by atoms with van der Waals surface area (Å²) in [5.74, 6) is 1.48. The molecule has 0 bridgehead atoms. The zero-order chi connectivity index (χ0) is 14.4. The van der Waals surface area contributed by atoms with Crippen LogP contribution in [-0.2, 0) is 13.1 Å². The number of aromatic amines is 1. The summed E-state index contributed by atoms with van der Waals surface area (Å²) in [7, 11) is 1.63. The van der Waals surface area contributed by atoms with Gasteiger partial charge in [0, 0.05) is 24.2 Å². The van der Waals surface area contributed by atoms with Gasteiger partial charge in [-0.15, -0.1) is 0 Å². The molecule has 0 saturated heterocycles. The predicted molar refractivity (Wildman–Crippen MR) is 79.6 cm³/mol. The smallest absolute Gasteiger partial charge is 0.304 e. The summed E-state index contributed by atoms with van der Waals surface area (Å²) in [5.41, 5.74) is 2.00. The first kappa shape index (κ1) is 14.6. The zero-order valence-electron chi connectivity index (χ0n) is 11.6. The van der Waals surface area contributed by atoms with Crippen molar-refractivity contribution in [2.45, 2.75) is 20.0 Å². The van der Waals surface area contributed by atoms with Gasteiger partial charge in [0.1, 0.15) is 0 Å². The van der Waals surface area contributed by atoms with E-state index < -0.39 is 0 Å². The van der Waals surface area contributed by atoms with Crippen molar-refractivity contribution in [3.8, 4) is 11.5 Å². The normalized spacial score (nSPS) is 10.5. The van der Waals surface area contributed by atoms with E-state index in [1.54, 1.807) is 7.11 Å². The number of thiazole rings is 1. The number of aromatic nitrogens is 1. The van der Waals surface area contributed by atoms with Gasteiger partial charge in [-0.3, -0.25) is 4.79 Å². The van der Waals surface area contributed by atoms with Gasteiger partial charge in [0.15, 0.2) is 11.5 Å². The van der Waals surface area contributed by atoms with Gasteiger partial charge < -0.3 is 19.8 Å². The van der Waals surface area contributed by atoms with E-state index in [0.717, 1.165) is 22.8 Å². The fraction of sp³-hybridized carbons (Fsp3) is 0.357. The van der Waals surface area contributed by atoms with E-state index in [1.807, 2.05) is 30.5 Å². The maximum absolute atomic E-state index is 11.0. The van der Waals surface area contributed by atoms with Crippen molar-refractivity contribution in [2.24, 2.45) is 0 Å². The first-order chi connectivity index (χ1) is 9.72. The van der Waals surface area contributed by atoms with Crippen LogP contribution in [0, 0.1) is 0 Å². The van der Waals surface area contributed by atoms with E-state index in [0.29, 0.717) is 19.7 Å². The minimum absolute atomic E-state index is 0.0236. The largest absolute Gasteiger partial charge is 0.493 e. The molecule has 2 rings (SSSR count). The molecule has 20 heavy (non-hydrogen) atoms. The molecule has 2 aromatic rings. The molecule has 0 aliphatic heterocycles. The molecule has 0 atom stereocenters. The summed E-state index contributed by atoms with van der Waals surface area (Å²) in [6.45, 7) is 3.88. The van der Waals surface area contributed by atoms with Crippen molar-refractivity contribution in [1.82, 2.24) is 10.3 Å². The minimum Gasteiger partial charge on any atom is -0.493 e. The molecule has 0 fully saturated rings. The lowest BCUT2D eigenvalue weighted by atomic mass is 10.2. The maximum atomic E-state index is 11.0. The van der Waals surface area contributed by atoms with Crippen LogP contribution in [0.4, 0.5) is 0 Å². The molecule has 0 amide bonds. The van der Waals surface area contributed by atoms with Crippen molar-refractivity contribution >= 4 is 11.3 Å². The molecular weight excluding hydrogens is 276 g/mol. The van der Waals surface area contributed by atoms with Crippen molar-refractivity contribution in [3.05, 3.63) is 44.5 Å². The Hall–Kier alpha value is -1.79. The molecular formula is C14H18N2O3S. The average molecular weight is 294 g/mol. The Bertz CT molecular complexity index is 606. The number of hydrogen-bond acceptors (Lipinski definition) is 5. The third-order valence-corrected chi connectivity index (χ3v) is 3.46. The van der Waals surface area contributed by atoms with Crippen LogP contribution in [0.15, 0.2) is 28.4 Å². The second kappa shape index (κ2) is 7.12. The van der Waals surface area contributed by atoms with Crippen LogP contribution >= 0.6 is 11.3 Å². The molecule has 0 unspecified atom stereocenters. The summed E-state index contributed by atoms with van der Waals surface area (Å²) in [4.78, 5) is 13.8. The monoisotopic (exact) mass is 294 g/mol. The Labute approximate surface area is 121 Å². The molecule has 0 aliphatic rings. The number of ether oxygens (including phenoxy) is 2.